The Labute approximate surface area is 146 Å². The molecule has 1 aromatic rings. The summed E-state index contributed by atoms with van der Waals surface area (Å²) in [6.45, 7) is 3.90. The highest BCUT2D eigenvalue weighted by Gasteiger charge is 2.22. The van der Waals surface area contributed by atoms with E-state index in [4.69, 9.17) is 10.5 Å². The van der Waals surface area contributed by atoms with E-state index in [1.54, 1.807) is 6.08 Å². The normalized spacial score (nSPS) is 19.0. The maximum atomic E-state index is 12.5. The quantitative estimate of drug-likeness (QED) is 0.247. The van der Waals surface area contributed by atoms with Crippen LogP contribution in [0.4, 0.5) is 5.69 Å². The molecule has 8 heteroatoms. The fraction of sp³-hybridized carbons (Fsp3) is 0.176. The summed E-state index contributed by atoms with van der Waals surface area (Å²) in [5, 5.41) is 28.1. The molecule has 0 bridgehead atoms. The van der Waals surface area contributed by atoms with Crippen LogP contribution >= 0.6 is 0 Å². The summed E-state index contributed by atoms with van der Waals surface area (Å²) in [6, 6.07) is 5.50. The van der Waals surface area contributed by atoms with Gasteiger partial charge in [-0.2, -0.15) is 0 Å². The van der Waals surface area contributed by atoms with Gasteiger partial charge in [-0.1, -0.05) is 6.58 Å². The average molecular weight is 358 g/mol. The number of allylic oxidation sites excluding steroid dienone is 5. The number of fused-ring (bicyclic) bond motifs is 1. The lowest BCUT2D eigenvalue weighted by Gasteiger charge is -2.19. The Bertz CT molecular complexity index is 954. The molecule has 0 unspecified atom stereocenters. The van der Waals surface area contributed by atoms with Crippen LogP contribution in [0.25, 0.3) is 0 Å². The molecule has 0 aliphatic heterocycles. The monoisotopic (exact) mass is 358 g/mol. The number of anilines is 1. The lowest BCUT2D eigenvalue weighted by atomic mass is 9.96. The van der Waals surface area contributed by atoms with Gasteiger partial charge in [0.2, 0.25) is 10.0 Å². The van der Waals surface area contributed by atoms with E-state index >= 15 is 0 Å². The van der Waals surface area contributed by atoms with Gasteiger partial charge in [-0.05, 0) is 66.8 Å². The number of primary sulfonamides is 1. The first-order valence-electron chi connectivity index (χ1n) is 7.69. The third-order valence-corrected chi connectivity index (χ3v) is 5.09. The van der Waals surface area contributed by atoms with Gasteiger partial charge in [-0.15, -0.1) is 5.41 Å². The fourth-order valence-electron chi connectivity index (χ4n) is 2.89. The standard InChI is InChI=1S/C17H18N4O3S/c1-11-9-12-3-2-4-13(12)10-16(11)21(22)17(18)20-14-5-7-15(8-6-14)25(19,23)24/h5-10H,1-4H2,(H2,18,20)(H2,19,23,24)/b21-16+. The summed E-state index contributed by atoms with van der Waals surface area (Å²) >= 11 is 0. The zero-order valence-electron chi connectivity index (χ0n) is 13.5. The molecule has 1 saturated carbocycles. The van der Waals surface area contributed by atoms with Crippen LogP contribution in [0.1, 0.15) is 19.3 Å². The van der Waals surface area contributed by atoms with E-state index in [0.717, 1.165) is 24.8 Å². The summed E-state index contributed by atoms with van der Waals surface area (Å²) in [6.07, 6.45) is 6.66. The largest absolute Gasteiger partial charge is 0.740 e. The third kappa shape index (κ3) is 3.54. The molecule has 3 rings (SSSR count). The van der Waals surface area contributed by atoms with Gasteiger partial charge in [0.05, 0.1) is 10.6 Å². The summed E-state index contributed by atoms with van der Waals surface area (Å²) < 4.78 is 23.0. The molecule has 0 spiro atoms. The number of sulfonamides is 1. The molecule has 0 radical (unpaired) electrons. The van der Waals surface area contributed by atoms with Crippen LogP contribution in [-0.4, -0.2) is 24.8 Å². The zero-order valence-corrected chi connectivity index (χ0v) is 14.3. The number of nitrogens with zero attached hydrogens (tertiary/aromatic N) is 1. The van der Waals surface area contributed by atoms with Crippen LogP contribution in [0.2, 0.25) is 0 Å². The second-order valence-electron chi connectivity index (χ2n) is 5.94. The molecule has 0 atom stereocenters. The van der Waals surface area contributed by atoms with Gasteiger partial charge in [0.15, 0.2) is 0 Å². The van der Waals surface area contributed by atoms with Crippen LogP contribution in [0.15, 0.2) is 64.6 Å². The minimum absolute atomic E-state index is 0.0396. The van der Waals surface area contributed by atoms with Crippen LogP contribution in [0, 0.1) is 10.6 Å². The van der Waals surface area contributed by atoms with E-state index in [-0.39, 0.29) is 10.9 Å². The predicted molar refractivity (Wildman–Crippen MR) is 97.0 cm³/mol. The summed E-state index contributed by atoms with van der Waals surface area (Å²) in [4.78, 5) is -0.0396. The molecular weight excluding hydrogens is 340 g/mol. The van der Waals surface area contributed by atoms with Gasteiger partial charge in [-0.25, -0.2) is 23.6 Å². The smallest absolute Gasteiger partial charge is 0.389 e. The van der Waals surface area contributed by atoms with Crippen LogP contribution < -0.4 is 10.5 Å². The summed E-state index contributed by atoms with van der Waals surface area (Å²) in [5.41, 5.74) is 3.64. The van der Waals surface area contributed by atoms with Crippen molar-refractivity contribution in [2.24, 2.45) is 5.14 Å². The van der Waals surface area contributed by atoms with Crippen molar-refractivity contribution in [2.45, 2.75) is 24.2 Å². The molecule has 0 saturated heterocycles. The van der Waals surface area contributed by atoms with E-state index in [0.29, 0.717) is 21.7 Å². The first-order valence-corrected chi connectivity index (χ1v) is 9.24. The maximum Gasteiger partial charge on any atom is 0.389 e. The highest BCUT2D eigenvalue weighted by molar-refractivity contribution is 7.89. The van der Waals surface area contributed by atoms with Crippen molar-refractivity contribution >= 4 is 27.4 Å². The molecule has 4 N–H and O–H groups in total. The number of benzene rings is 1. The number of hydrogen-bond acceptors (Lipinski definition) is 4. The van der Waals surface area contributed by atoms with Gasteiger partial charge < -0.3 is 5.21 Å². The van der Waals surface area contributed by atoms with Crippen molar-refractivity contribution in [3.05, 3.63) is 64.9 Å². The van der Waals surface area contributed by atoms with E-state index in [1.807, 2.05) is 6.08 Å². The molecule has 0 heterocycles. The van der Waals surface area contributed by atoms with Gasteiger partial charge in [-0.3, -0.25) is 0 Å². The van der Waals surface area contributed by atoms with E-state index in [9.17, 15) is 13.6 Å². The summed E-state index contributed by atoms with van der Waals surface area (Å²) in [5.74, 6) is -0.383. The van der Waals surface area contributed by atoms with Gasteiger partial charge in [0.1, 0.15) is 5.71 Å². The zero-order chi connectivity index (χ0) is 18.2. The van der Waals surface area contributed by atoms with Gasteiger partial charge in [0.25, 0.3) is 0 Å². The number of hydroxylamine groups is 1. The highest BCUT2D eigenvalue weighted by atomic mass is 32.2. The first-order chi connectivity index (χ1) is 11.8. The van der Waals surface area contributed by atoms with Crippen molar-refractivity contribution in [1.29, 1.82) is 5.41 Å². The van der Waals surface area contributed by atoms with Crippen molar-refractivity contribution < 1.29 is 13.2 Å². The molecule has 1 aromatic carbocycles. The van der Waals surface area contributed by atoms with Gasteiger partial charge >= 0.3 is 5.96 Å². The number of nitrogens with one attached hydrogen (secondary N) is 2. The Hall–Kier alpha value is -2.71. The number of nitrogens with two attached hydrogens (primary N) is 1. The van der Waals surface area contributed by atoms with Crippen molar-refractivity contribution in [2.75, 3.05) is 5.32 Å². The molecule has 0 aromatic heterocycles. The molecule has 2 aliphatic rings. The van der Waals surface area contributed by atoms with Crippen LogP contribution in [-0.2, 0) is 10.0 Å². The SMILES string of the molecule is C=C1C=C2CCCC2=C/C1=[N+](\[O-])C(=N)Nc1ccc(S(N)(=O)=O)cc1. The van der Waals surface area contributed by atoms with Crippen molar-refractivity contribution in [3.8, 4) is 0 Å². The number of guanidine groups is 1. The molecule has 1 fully saturated rings. The minimum atomic E-state index is -3.78. The second kappa shape index (κ2) is 6.30. The maximum absolute atomic E-state index is 12.5. The van der Waals surface area contributed by atoms with E-state index < -0.39 is 10.0 Å². The Morgan fingerprint density at radius 2 is 1.80 bits per heavy atom. The highest BCUT2D eigenvalue weighted by Crippen LogP contribution is 2.34. The van der Waals surface area contributed by atoms with Gasteiger partial charge in [0, 0.05) is 5.57 Å². The molecular formula is C17H18N4O3S. The fourth-order valence-corrected chi connectivity index (χ4v) is 3.40. The van der Waals surface area contributed by atoms with E-state index in [2.05, 4.69) is 11.9 Å². The molecule has 25 heavy (non-hydrogen) atoms. The Morgan fingerprint density at radius 1 is 1.20 bits per heavy atom. The molecule has 0 amide bonds. The van der Waals surface area contributed by atoms with Crippen molar-refractivity contribution in [3.63, 3.8) is 0 Å². The Balaban J connectivity index is 1.81. The lowest BCUT2D eigenvalue weighted by Crippen LogP contribution is -2.29. The van der Waals surface area contributed by atoms with Crippen molar-refractivity contribution in [1.82, 2.24) is 0 Å². The van der Waals surface area contributed by atoms with Crippen LogP contribution in [0.3, 0.4) is 0 Å². The molecule has 130 valence electrons. The summed E-state index contributed by atoms with van der Waals surface area (Å²) in [7, 11) is -3.78. The Kier molecular flexibility index (Phi) is 4.32. The molecule has 7 nitrogen and oxygen atoms in total. The Morgan fingerprint density at radius 3 is 2.40 bits per heavy atom. The predicted octanol–water partition coefficient (Wildman–Crippen LogP) is 2.24. The topological polar surface area (TPSA) is 122 Å². The second-order valence-corrected chi connectivity index (χ2v) is 7.50. The van der Waals surface area contributed by atoms with E-state index in [1.165, 1.54) is 29.8 Å². The minimum Gasteiger partial charge on any atom is -0.740 e. The van der Waals surface area contributed by atoms with Crippen LogP contribution in [0.5, 0.6) is 0 Å². The average Bonchev–Trinajstić information content (AvgIpc) is 3.00. The molecule has 2 aliphatic carbocycles. The number of hydrogen-bond donors (Lipinski definition) is 3. The first kappa shape index (κ1) is 17.1. The number of rotatable bonds is 2. The lowest BCUT2D eigenvalue weighted by molar-refractivity contribution is -0.325. The third-order valence-electron chi connectivity index (χ3n) is 4.16.